The number of anilines is 2. The molecular formula is C19H22F3N3O. The molecule has 0 amide bonds. The van der Waals surface area contributed by atoms with E-state index in [-0.39, 0.29) is 17.9 Å². The Labute approximate surface area is 151 Å². The van der Waals surface area contributed by atoms with Crippen LogP contribution in [0.2, 0.25) is 0 Å². The first-order chi connectivity index (χ1) is 12.4. The van der Waals surface area contributed by atoms with E-state index in [1.165, 1.54) is 4.90 Å². The predicted octanol–water partition coefficient (Wildman–Crippen LogP) is 5.28. The number of aryl methyl sites for hydroxylation is 1. The largest absolute Gasteiger partial charge is 0.460 e. The van der Waals surface area contributed by atoms with Crippen molar-refractivity contribution >= 4 is 11.5 Å². The average molecular weight is 365 g/mol. The van der Waals surface area contributed by atoms with Crippen LogP contribution in [0.25, 0.3) is 0 Å². The number of hydrogen-bond donors (Lipinski definition) is 0. The number of aromatic nitrogens is 2. The van der Waals surface area contributed by atoms with Crippen LogP contribution in [0, 0.1) is 6.92 Å². The van der Waals surface area contributed by atoms with E-state index in [9.17, 15) is 13.2 Å². The van der Waals surface area contributed by atoms with E-state index in [0.717, 1.165) is 43.9 Å². The Kier molecular flexibility index (Phi) is 5.34. The van der Waals surface area contributed by atoms with Crippen LogP contribution in [0.5, 0.6) is 6.01 Å². The van der Waals surface area contributed by atoms with Crippen molar-refractivity contribution in [3.63, 3.8) is 0 Å². The van der Waals surface area contributed by atoms with E-state index in [1.54, 1.807) is 19.2 Å². The van der Waals surface area contributed by atoms with E-state index >= 15 is 0 Å². The normalized spacial score (nSPS) is 15.7. The number of benzene rings is 1. The zero-order valence-corrected chi connectivity index (χ0v) is 14.9. The summed E-state index contributed by atoms with van der Waals surface area (Å²) in [5.74, 6) is -0.201. The molecule has 0 saturated heterocycles. The SMILES string of the molecule is Cc1ccccc1N(C)c1nc(OC2CCCCC2)ncc1C(F)(F)F. The summed E-state index contributed by atoms with van der Waals surface area (Å²) in [5, 5.41) is 0. The zero-order chi connectivity index (χ0) is 18.7. The van der Waals surface area contributed by atoms with Crippen LogP contribution in [-0.4, -0.2) is 23.1 Å². The van der Waals surface area contributed by atoms with Crippen molar-refractivity contribution in [1.82, 2.24) is 9.97 Å². The van der Waals surface area contributed by atoms with E-state index in [1.807, 2.05) is 19.1 Å². The Morgan fingerprint density at radius 1 is 1.12 bits per heavy atom. The molecular weight excluding hydrogens is 343 g/mol. The fourth-order valence-corrected chi connectivity index (χ4v) is 3.26. The lowest BCUT2D eigenvalue weighted by Gasteiger charge is -2.25. The number of hydrogen-bond acceptors (Lipinski definition) is 4. The van der Waals surface area contributed by atoms with Gasteiger partial charge in [0, 0.05) is 18.9 Å². The second-order valence-electron chi connectivity index (χ2n) is 6.61. The van der Waals surface area contributed by atoms with Crippen molar-refractivity contribution in [2.24, 2.45) is 0 Å². The number of nitrogens with zero attached hydrogens (tertiary/aromatic N) is 3. The average Bonchev–Trinajstić information content (AvgIpc) is 2.61. The third-order valence-corrected chi connectivity index (χ3v) is 4.67. The van der Waals surface area contributed by atoms with Crippen molar-refractivity contribution in [2.45, 2.75) is 51.3 Å². The first kappa shape index (κ1) is 18.5. The Hall–Kier alpha value is -2.31. The molecule has 2 aromatic rings. The quantitative estimate of drug-likeness (QED) is 0.738. The lowest BCUT2D eigenvalue weighted by Crippen LogP contribution is -2.23. The summed E-state index contributed by atoms with van der Waals surface area (Å²) in [6.07, 6.45) is 1.28. The molecule has 26 heavy (non-hydrogen) atoms. The van der Waals surface area contributed by atoms with E-state index < -0.39 is 11.7 Å². The molecule has 140 valence electrons. The van der Waals surface area contributed by atoms with E-state index in [2.05, 4.69) is 9.97 Å². The summed E-state index contributed by atoms with van der Waals surface area (Å²) < 4.78 is 46.2. The highest BCUT2D eigenvalue weighted by molar-refractivity contribution is 5.65. The molecule has 0 N–H and O–H groups in total. The van der Waals surface area contributed by atoms with Gasteiger partial charge in [-0.1, -0.05) is 24.6 Å². The van der Waals surface area contributed by atoms with Crippen molar-refractivity contribution < 1.29 is 17.9 Å². The minimum absolute atomic E-state index is 0.000309. The van der Waals surface area contributed by atoms with E-state index in [4.69, 9.17) is 4.74 Å². The predicted molar refractivity (Wildman–Crippen MR) is 93.8 cm³/mol. The second-order valence-corrected chi connectivity index (χ2v) is 6.61. The van der Waals surface area contributed by atoms with Gasteiger partial charge in [0.25, 0.3) is 0 Å². The summed E-state index contributed by atoms with van der Waals surface area (Å²) in [4.78, 5) is 9.38. The maximum atomic E-state index is 13.5. The van der Waals surface area contributed by atoms with Crippen molar-refractivity contribution in [3.8, 4) is 6.01 Å². The van der Waals surface area contributed by atoms with Gasteiger partial charge >= 0.3 is 12.2 Å². The summed E-state index contributed by atoms with van der Waals surface area (Å²) in [5.41, 5.74) is 0.635. The Balaban J connectivity index is 1.96. The first-order valence-corrected chi connectivity index (χ1v) is 8.76. The van der Waals surface area contributed by atoms with Gasteiger partial charge < -0.3 is 9.64 Å². The lowest BCUT2D eigenvalue weighted by molar-refractivity contribution is -0.137. The fraction of sp³-hybridized carbons (Fsp3) is 0.474. The molecule has 0 radical (unpaired) electrons. The third-order valence-electron chi connectivity index (χ3n) is 4.67. The van der Waals surface area contributed by atoms with Gasteiger partial charge in [-0.05, 0) is 44.2 Å². The number of rotatable bonds is 4. The van der Waals surface area contributed by atoms with Gasteiger partial charge in [0.15, 0.2) is 5.82 Å². The molecule has 1 aliphatic carbocycles. The van der Waals surface area contributed by atoms with Crippen LogP contribution in [0.15, 0.2) is 30.5 Å². The Bertz CT molecular complexity index is 758. The molecule has 3 rings (SSSR count). The molecule has 1 aromatic carbocycles. The maximum Gasteiger partial charge on any atom is 0.421 e. The van der Waals surface area contributed by atoms with Gasteiger partial charge in [-0.25, -0.2) is 4.98 Å². The zero-order valence-electron chi connectivity index (χ0n) is 14.9. The number of halogens is 3. The number of para-hydroxylation sites is 1. The third kappa shape index (κ3) is 4.08. The summed E-state index contributed by atoms with van der Waals surface area (Å²) >= 11 is 0. The van der Waals surface area contributed by atoms with E-state index in [0.29, 0.717) is 5.69 Å². The lowest BCUT2D eigenvalue weighted by atomic mass is 9.98. The van der Waals surface area contributed by atoms with Gasteiger partial charge in [0.05, 0.1) is 0 Å². The molecule has 1 aliphatic rings. The molecule has 1 heterocycles. The van der Waals surface area contributed by atoms with Gasteiger partial charge in [0.2, 0.25) is 0 Å². The smallest absolute Gasteiger partial charge is 0.421 e. The van der Waals surface area contributed by atoms with Crippen LogP contribution in [0.1, 0.15) is 43.2 Å². The molecule has 1 aromatic heterocycles. The van der Waals surface area contributed by atoms with Crippen LogP contribution in [-0.2, 0) is 6.18 Å². The molecule has 0 spiro atoms. The molecule has 4 nitrogen and oxygen atoms in total. The maximum absolute atomic E-state index is 13.5. The topological polar surface area (TPSA) is 38.2 Å². The standard InChI is InChI=1S/C19H22F3N3O/c1-13-8-6-7-11-16(13)25(2)17-15(19(20,21)22)12-23-18(24-17)26-14-9-4-3-5-10-14/h6-8,11-12,14H,3-5,9-10H2,1-2H3. The minimum Gasteiger partial charge on any atom is -0.460 e. The van der Waals surface area contributed by atoms with Gasteiger partial charge in [0.1, 0.15) is 11.7 Å². The van der Waals surface area contributed by atoms with Crippen LogP contribution >= 0.6 is 0 Å². The monoisotopic (exact) mass is 365 g/mol. The molecule has 1 fully saturated rings. The number of alkyl halides is 3. The highest BCUT2D eigenvalue weighted by Gasteiger charge is 2.37. The van der Waals surface area contributed by atoms with Crippen LogP contribution in [0.3, 0.4) is 0 Å². The minimum atomic E-state index is -4.55. The number of ether oxygens (including phenoxy) is 1. The van der Waals surface area contributed by atoms with Gasteiger partial charge in [-0.15, -0.1) is 0 Å². The van der Waals surface area contributed by atoms with Crippen molar-refractivity contribution in [2.75, 3.05) is 11.9 Å². The first-order valence-electron chi connectivity index (χ1n) is 8.76. The highest BCUT2D eigenvalue weighted by Crippen LogP contribution is 2.38. The molecule has 0 bridgehead atoms. The molecule has 0 atom stereocenters. The van der Waals surface area contributed by atoms with Gasteiger partial charge in [-0.2, -0.15) is 18.2 Å². The van der Waals surface area contributed by atoms with Crippen molar-refractivity contribution in [3.05, 3.63) is 41.6 Å². The van der Waals surface area contributed by atoms with Crippen molar-refractivity contribution in [1.29, 1.82) is 0 Å². The Morgan fingerprint density at radius 2 is 1.81 bits per heavy atom. The molecule has 7 heteroatoms. The second kappa shape index (κ2) is 7.51. The van der Waals surface area contributed by atoms with Gasteiger partial charge in [-0.3, -0.25) is 0 Å². The summed E-state index contributed by atoms with van der Waals surface area (Å²) in [7, 11) is 1.57. The molecule has 0 aliphatic heterocycles. The fourth-order valence-electron chi connectivity index (χ4n) is 3.26. The van der Waals surface area contributed by atoms with Crippen LogP contribution < -0.4 is 9.64 Å². The summed E-state index contributed by atoms with van der Waals surface area (Å²) in [6, 6.07) is 7.24. The summed E-state index contributed by atoms with van der Waals surface area (Å²) in [6.45, 7) is 1.85. The Morgan fingerprint density at radius 3 is 2.46 bits per heavy atom. The van der Waals surface area contributed by atoms with Crippen LogP contribution in [0.4, 0.5) is 24.7 Å². The highest BCUT2D eigenvalue weighted by atomic mass is 19.4. The molecule has 0 unspecified atom stereocenters. The molecule has 1 saturated carbocycles.